The van der Waals surface area contributed by atoms with Crippen molar-refractivity contribution < 1.29 is 14.2 Å². The molecule has 1 N–H and O–H groups in total. The second-order valence-electron chi connectivity index (χ2n) is 8.46. The SMILES string of the molecule is CCCCCC(CC)NC(=S)N(CCCN1CCOCC1)Cc1ccc(OC)cc1OC. The molecule has 1 atom stereocenters. The van der Waals surface area contributed by atoms with Gasteiger partial charge in [-0.3, -0.25) is 4.90 Å². The van der Waals surface area contributed by atoms with Gasteiger partial charge in [0.15, 0.2) is 5.11 Å². The lowest BCUT2D eigenvalue weighted by Gasteiger charge is -2.31. The summed E-state index contributed by atoms with van der Waals surface area (Å²) < 4.78 is 16.5. The Labute approximate surface area is 200 Å². The van der Waals surface area contributed by atoms with E-state index in [4.69, 9.17) is 26.4 Å². The minimum atomic E-state index is 0.425. The Morgan fingerprint density at radius 2 is 1.94 bits per heavy atom. The summed E-state index contributed by atoms with van der Waals surface area (Å²) in [6.07, 6.45) is 7.07. The maximum atomic E-state index is 5.91. The van der Waals surface area contributed by atoms with Crippen molar-refractivity contribution in [2.75, 3.05) is 53.6 Å². The number of nitrogens with zero attached hydrogens (tertiary/aromatic N) is 2. The summed E-state index contributed by atoms with van der Waals surface area (Å²) >= 11 is 5.91. The van der Waals surface area contributed by atoms with Gasteiger partial charge in [-0.1, -0.05) is 33.1 Å². The highest BCUT2D eigenvalue weighted by molar-refractivity contribution is 7.80. The number of benzene rings is 1. The number of hydrogen-bond acceptors (Lipinski definition) is 5. The number of nitrogens with one attached hydrogen (secondary N) is 1. The molecule has 0 bridgehead atoms. The number of ether oxygens (including phenoxy) is 3. The number of morpholine rings is 1. The van der Waals surface area contributed by atoms with Crippen molar-refractivity contribution in [3.63, 3.8) is 0 Å². The van der Waals surface area contributed by atoms with E-state index >= 15 is 0 Å². The van der Waals surface area contributed by atoms with Crippen LogP contribution in [0.3, 0.4) is 0 Å². The molecule has 0 aliphatic carbocycles. The van der Waals surface area contributed by atoms with Crippen LogP contribution in [0.5, 0.6) is 11.5 Å². The summed E-state index contributed by atoms with van der Waals surface area (Å²) in [5.41, 5.74) is 1.11. The van der Waals surface area contributed by atoms with Gasteiger partial charge in [0, 0.05) is 50.4 Å². The molecule has 32 heavy (non-hydrogen) atoms. The zero-order chi connectivity index (χ0) is 23.2. The van der Waals surface area contributed by atoms with Gasteiger partial charge in [-0.25, -0.2) is 0 Å². The van der Waals surface area contributed by atoms with Crippen LogP contribution in [0.25, 0.3) is 0 Å². The Hall–Kier alpha value is -1.57. The molecule has 7 heteroatoms. The smallest absolute Gasteiger partial charge is 0.169 e. The maximum Gasteiger partial charge on any atom is 0.169 e. The van der Waals surface area contributed by atoms with Gasteiger partial charge in [-0.05, 0) is 43.6 Å². The number of hydrogen-bond donors (Lipinski definition) is 1. The molecule has 2 rings (SSSR count). The van der Waals surface area contributed by atoms with Crippen molar-refractivity contribution in [2.45, 2.75) is 65.0 Å². The Kier molecular flexibility index (Phi) is 12.8. The fourth-order valence-electron chi connectivity index (χ4n) is 4.04. The van der Waals surface area contributed by atoms with Gasteiger partial charge in [0.2, 0.25) is 0 Å². The van der Waals surface area contributed by atoms with Crippen LogP contribution >= 0.6 is 12.2 Å². The van der Waals surface area contributed by atoms with Crippen LogP contribution < -0.4 is 14.8 Å². The summed E-state index contributed by atoms with van der Waals surface area (Å²) in [5, 5.41) is 4.49. The molecular weight excluding hydrogens is 422 g/mol. The van der Waals surface area contributed by atoms with E-state index in [1.165, 1.54) is 19.3 Å². The average molecular weight is 466 g/mol. The minimum absolute atomic E-state index is 0.425. The van der Waals surface area contributed by atoms with Gasteiger partial charge in [-0.2, -0.15) is 0 Å². The fourth-order valence-corrected chi connectivity index (χ4v) is 4.36. The summed E-state index contributed by atoms with van der Waals surface area (Å²) in [6.45, 7) is 10.9. The minimum Gasteiger partial charge on any atom is -0.497 e. The molecule has 1 heterocycles. The molecule has 1 aromatic rings. The van der Waals surface area contributed by atoms with Gasteiger partial charge in [0.1, 0.15) is 11.5 Å². The molecule has 1 unspecified atom stereocenters. The molecular formula is C25H43N3O3S. The number of methoxy groups -OCH3 is 2. The Morgan fingerprint density at radius 3 is 2.59 bits per heavy atom. The molecule has 0 saturated carbocycles. The topological polar surface area (TPSA) is 46.2 Å². The van der Waals surface area contributed by atoms with Crippen LogP contribution in [-0.4, -0.2) is 74.6 Å². The summed E-state index contributed by atoms with van der Waals surface area (Å²) in [7, 11) is 3.38. The fraction of sp³-hybridized carbons (Fsp3) is 0.720. The quantitative estimate of drug-likeness (QED) is 0.321. The molecule has 1 aliphatic heterocycles. The van der Waals surface area contributed by atoms with Gasteiger partial charge in [0.05, 0.1) is 27.4 Å². The highest BCUT2D eigenvalue weighted by Gasteiger charge is 2.18. The largest absolute Gasteiger partial charge is 0.497 e. The van der Waals surface area contributed by atoms with Crippen molar-refractivity contribution >= 4 is 17.3 Å². The summed E-state index contributed by atoms with van der Waals surface area (Å²) in [5.74, 6) is 1.63. The second kappa shape index (κ2) is 15.3. The number of rotatable bonds is 14. The van der Waals surface area contributed by atoms with Crippen LogP contribution in [0.4, 0.5) is 0 Å². The molecule has 6 nitrogen and oxygen atoms in total. The molecule has 0 spiro atoms. The molecule has 182 valence electrons. The van der Waals surface area contributed by atoms with E-state index in [0.717, 1.165) is 80.8 Å². The molecule has 1 aliphatic rings. The zero-order valence-electron chi connectivity index (χ0n) is 20.5. The predicted molar refractivity (Wildman–Crippen MR) is 136 cm³/mol. The van der Waals surface area contributed by atoms with Gasteiger partial charge in [-0.15, -0.1) is 0 Å². The molecule has 1 aromatic carbocycles. The van der Waals surface area contributed by atoms with Crippen LogP contribution in [0.2, 0.25) is 0 Å². The van der Waals surface area contributed by atoms with E-state index in [1.807, 2.05) is 12.1 Å². The van der Waals surface area contributed by atoms with E-state index in [1.54, 1.807) is 14.2 Å². The summed E-state index contributed by atoms with van der Waals surface area (Å²) in [4.78, 5) is 4.77. The van der Waals surface area contributed by atoms with Crippen molar-refractivity contribution in [3.05, 3.63) is 23.8 Å². The highest BCUT2D eigenvalue weighted by Crippen LogP contribution is 2.26. The zero-order valence-corrected chi connectivity index (χ0v) is 21.3. The van der Waals surface area contributed by atoms with Crippen LogP contribution in [-0.2, 0) is 11.3 Å². The van der Waals surface area contributed by atoms with Gasteiger partial charge in [0.25, 0.3) is 0 Å². The Morgan fingerprint density at radius 1 is 1.16 bits per heavy atom. The molecule has 0 aromatic heterocycles. The summed E-state index contributed by atoms with van der Waals surface area (Å²) in [6, 6.07) is 6.43. The maximum absolute atomic E-state index is 5.91. The van der Waals surface area contributed by atoms with Gasteiger partial charge < -0.3 is 24.4 Å². The first-order valence-electron chi connectivity index (χ1n) is 12.2. The van der Waals surface area contributed by atoms with Crippen LogP contribution in [0, 0.1) is 0 Å². The Balaban J connectivity index is 2.04. The van der Waals surface area contributed by atoms with E-state index in [-0.39, 0.29) is 0 Å². The lowest BCUT2D eigenvalue weighted by Crippen LogP contribution is -2.45. The van der Waals surface area contributed by atoms with Crippen molar-refractivity contribution in [1.29, 1.82) is 0 Å². The monoisotopic (exact) mass is 465 g/mol. The third-order valence-electron chi connectivity index (χ3n) is 6.13. The lowest BCUT2D eigenvalue weighted by molar-refractivity contribution is 0.0367. The third-order valence-corrected chi connectivity index (χ3v) is 6.50. The van der Waals surface area contributed by atoms with E-state index in [9.17, 15) is 0 Å². The van der Waals surface area contributed by atoms with Crippen molar-refractivity contribution in [1.82, 2.24) is 15.1 Å². The van der Waals surface area contributed by atoms with Gasteiger partial charge >= 0.3 is 0 Å². The standard InChI is InChI=1S/C25H43N3O3S/c1-5-7-8-10-22(6-2)26-25(32)28(14-9-13-27-15-17-31-18-16-27)20-21-11-12-23(29-3)19-24(21)30-4/h11-12,19,22H,5-10,13-18,20H2,1-4H3,(H,26,32). The predicted octanol–water partition coefficient (Wildman–Crippen LogP) is 4.46. The average Bonchev–Trinajstić information content (AvgIpc) is 2.83. The second-order valence-corrected chi connectivity index (χ2v) is 8.84. The van der Waals surface area contributed by atoms with Crippen LogP contribution in [0.15, 0.2) is 18.2 Å². The first kappa shape index (κ1) is 26.7. The molecule has 1 saturated heterocycles. The molecule has 1 fully saturated rings. The first-order chi connectivity index (χ1) is 15.6. The molecule has 0 radical (unpaired) electrons. The highest BCUT2D eigenvalue weighted by atomic mass is 32.1. The van der Waals surface area contributed by atoms with E-state index in [2.05, 4.69) is 35.0 Å². The van der Waals surface area contributed by atoms with Crippen molar-refractivity contribution in [3.8, 4) is 11.5 Å². The van der Waals surface area contributed by atoms with E-state index in [0.29, 0.717) is 12.6 Å². The number of thiocarbonyl (C=S) groups is 1. The lowest BCUT2D eigenvalue weighted by atomic mass is 10.1. The third kappa shape index (κ3) is 9.12. The number of unbranched alkanes of at least 4 members (excludes halogenated alkanes) is 2. The first-order valence-corrected chi connectivity index (χ1v) is 12.6. The van der Waals surface area contributed by atoms with Crippen molar-refractivity contribution in [2.24, 2.45) is 0 Å². The normalized spacial score (nSPS) is 15.2. The molecule has 0 amide bonds. The Bertz CT molecular complexity index is 668. The van der Waals surface area contributed by atoms with Crippen LogP contribution in [0.1, 0.15) is 57.9 Å². The van der Waals surface area contributed by atoms with E-state index < -0.39 is 0 Å².